The van der Waals surface area contributed by atoms with Gasteiger partial charge < -0.3 is 0 Å². The van der Waals surface area contributed by atoms with Crippen molar-refractivity contribution in [3.63, 3.8) is 0 Å². The highest BCUT2D eigenvalue weighted by Crippen LogP contribution is 2.44. The fourth-order valence-electron chi connectivity index (χ4n) is 5.13. The highest BCUT2D eigenvalue weighted by atomic mass is 31.2. The molecule has 6 aromatic rings. The molecule has 6 aromatic carbocycles. The van der Waals surface area contributed by atoms with Crippen LogP contribution in [-0.4, -0.2) is 19.6 Å². The lowest BCUT2D eigenvalue weighted by Gasteiger charge is -2.19. The van der Waals surface area contributed by atoms with Crippen LogP contribution in [-0.2, 0) is 0 Å². The smallest absolute Gasteiger partial charge is 0.00262 e. The van der Waals surface area contributed by atoms with Crippen molar-refractivity contribution in [2.24, 2.45) is 0 Å². The molecule has 0 heterocycles. The van der Waals surface area contributed by atoms with Crippen LogP contribution in [0.4, 0.5) is 0 Å². The monoisotopic (exact) mass is 454 g/mol. The Hall–Kier alpha value is -3.60. The van der Waals surface area contributed by atoms with Crippen molar-refractivity contribution in [2.45, 2.75) is 0 Å². The molecule has 34 heavy (non-hydrogen) atoms. The molecule has 0 aliphatic rings. The maximum atomic E-state index is 4.42. The largest absolute Gasteiger partial charge is 0.0971 e. The molecule has 0 aromatic heterocycles. The van der Waals surface area contributed by atoms with Crippen LogP contribution in [0.3, 0.4) is 0 Å². The van der Waals surface area contributed by atoms with Crippen LogP contribution in [0.2, 0.25) is 0 Å². The zero-order valence-corrected chi connectivity index (χ0v) is 20.5. The van der Waals surface area contributed by atoms with Crippen molar-refractivity contribution in [1.29, 1.82) is 0 Å². The van der Waals surface area contributed by atoms with Gasteiger partial charge in [-0.05, 0) is 79.3 Å². The van der Waals surface area contributed by atoms with Gasteiger partial charge in [-0.25, -0.2) is 0 Å². The highest BCUT2D eigenvalue weighted by molar-refractivity contribution is 7.79. The number of fused-ring (bicyclic) bond motifs is 3. The third-order valence-corrected chi connectivity index (χ3v) is 8.52. The molecule has 0 amide bonds. The summed E-state index contributed by atoms with van der Waals surface area (Å²) in [7, 11) is 0. The number of benzene rings is 6. The van der Waals surface area contributed by atoms with Crippen LogP contribution in [0.1, 0.15) is 0 Å². The number of rotatable bonds is 3. The van der Waals surface area contributed by atoms with Crippen LogP contribution in [0.15, 0.2) is 115 Å². The highest BCUT2D eigenvalue weighted by Gasteiger charge is 2.17. The summed E-state index contributed by atoms with van der Waals surface area (Å²) in [5.41, 5.74) is 5.14. The van der Waals surface area contributed by atoms with E-state index in [1.165, 1.54) is 59.9 Å². The van der Waals surface area contributed by atoms with E-state index in [0.29, 0.717) is 0 Å². The second-order valence-electron chi connectivity index (χ2n) is 9.63. The van der Waals surface area contributed by atoms with E-state index in [0.717, 1.165) is 0 Å². The minimum absolute atomic E-state index is 1.26. The van der Waals surface area contributed by atoms with Gasteiger partial charge >= 0.3 is 0 Å². The van der Waals surface area contributed by atoms with Crippen LogP contribution in [0.5, 0.6) is 0 Å². The Bertz CT molecular complexity index is 1680. The van der Waals surface area contributed by atoms with E-state index in [2.05, 4.69) is 135 Å². The predicted octanol–water partition coefficient (Wildman–Crippen LogP) is 8.81. The Labute approximate surface area is 201 Å². The Balaban J connectivity index is 1.70. The molecule has 0 fully saturated rings. The van der Waals surface area contributed by atoms with E-state index < -0.39 is 6.89 Å². The van der Waals surface area contributed by atoms with E-state index in [4.69, 9.17) is 0 Å². The maximum absolute atomic E-state index is 4.42. The second kappa shape index (κ2) is 8.01. The van der Waals surface area contributed by atoms with Gasteiger partial charge in [0.05, 0.1) is 0 Å². The van der Waals surface area contributed by atoms with Gasteiger partial charge in [-0.3, -0.25) is 0 Å². The van der Waals surface area contributed by atoms with Crippen molar-refractivity contribution < 1.29 is 0 Å². The normalized spacial score (nSPS) is 11.9. The molecule has 0 atom stereocenters. The summed E-state index contributed by atoms with van der Waals surface area (Å²) in [6.45, 7) is 3.24. The molecular formula is C33H27P. The van der Waals surface area contributed by atoms with Gasteiger partial charge in [-0.1, -0.05) is 122 Å². The molecule has 0 bridgehead atoms. The van der Waals surface area contributed by atoms with Gasteiger partial charge in [0.1, 0.15) is 0 Å². The first-order valence-corrected chi connectivity index (χ1v) is 14.6. The molecule has 0 saturated heterocycles. The molecule has 0 aliphatic heterocycles. The third kappa shape index (κ3) is 3.47. The van der Waals surface area contributed by atoms with E-state index in [9.17, 15) is 0 Å². The van der Waals surface area contributed by atoms with E-state index in [1.54, 1.807) is 0 Å². The average Bonchev–Trinajstić information content (AvgIpc) is 2.86. The molecule has 0 unspecified atom stereocenters. The Morgan fingerprint density at radius 2 is 0.912 bits per heavy atom. The lowest BCUT2D eigenvalue weighted by Crippen LogP contribution is -2.02. The summed E-state index contributed by atoms with van der Waals surface area (Å²) in [5, 5.41) is 9.07. The third-order valence-electron chi connectivity index (χ3n) is 6.82. The summed E-state index contributed by atoms with van der Waals surface area (Å²) < 4.78 is 0. The molecule has 0 radical (unpaired) electrons. The predicted molar refractivity (Wildman–Crippen MR) is 155 cm³/mol. The minimum atomic E-state index is -1.29. The Kier molecular flexibility index (Phi) is 4.94. The van der Waals surface area contributed by atoms with Gasteiger partial charge in [0, 0.05) is 0 Å². The molecule has 0 N–H and O–H groups in total. The van der Waals surface area contributed by atoms with Gasteiger partial charge in [0.2, 0.25) is 0 Å². The van der Waals surface area contributed by atoms with Crippen molar-refractivity contribution in [2.75, 3.05) is 13.3 Å². The minimum Gasteiger partial charge on any atom is -0.0971 e. The molecular weight excluding hydrogens is 427 g/mol. The lowest BCUT2D eigenvalue weighted by atomic mass is 9.85. The zero-order valence-electron chi connectivity index (χ0n) is 19.6. The summed E-state index contributed by atoms with van der Waals surface area (Å²) in [6.07, 6.45) is 4.42. The standard InChI is InChI=1S/C33H27P/c1-34(2,3)27-20-18-24(19-21-27)32-28-12-6-8-14-30(28)33(31-15-9-7-13-29(31)32)26-17-16-23-10-4-5-11-25(23)22-26/h4-22H,1H2,2-3H3. The van der Waals surface area contributed by atoms with Crippen LogP contribution in [0, 0.1) is 0 Å². The van der Waals surface area contributed by atoms with E-state index in [-0.39, 0.29) is 0 Å². The van der Waals surface area contributed by atoms with Crippen molar-refractivity contribution in [3.05, 3.63) is 115 Å². The summed E-state index contributed by atoms with van der Waals surface area (Å²) in [5.74, 6) is 0. The first kappa shape index (κ1) is 21.0. The number of hydrogen-bond donors (Lipinski definition) is 0. The zero-order chi connectivity index (χ0) is 23.3. The van der Waals surface area contributed by atoms with E-state index in [1.807, 2.05) is 0 Å². The number of hydrogen-bond acceptors (Lipinski definition) is 0. The van der Waals surface area contributed by atoms with Gasteiger partial charge in [-0.15, -0.1) is 0 Å². The van der Waals surface area contributed by atoms with Crippen LogP contribution >= 0.6 is 6.89 Å². The Morgan fingerprint density at radius 3 is 1.44 bits per heavy atom. The molecule has 0 saturated carbocycles. The second-order valence-corrected chi connectivity index (χ2v) is 13.5. The fourth-order valence-corrected chi connectivity index (χ4v) is 6.08. The van der Waals surface area contributed by atoms with Gasteiger partial charge in [-0.2, -0.15) is 0 Å². The molecule has 1 heteroatoms. The van der Waals surface area contributed by atoms with E-state index >= 15 is 0 Å². The van der Waals surface area contributed by atoms with Gasteiger partial charge in [0.15, 0.2) is 0 Å². The SMILES string of the molecule is C=P(C)(C)c1ccc(-c2c3ccccc3c(-c3ccc4ccccc4c3)c3ccccc23)cc1. The van der Waals surface area contributed by atoms with Crippen LogP contribution in [0.25, 0.3) is 54.6 Å². The van der Waals surface area contributed by atoms with Crippen molar-refractivity contribution >= 4 is 50.8 Å². The molecule has 0 spiro atoms. The topological polar surface area (TPSA) is 0 Å². The first-order valence-electron chi connectivity index (χ1n) is 11.7. The molecule has 0 nitrogen and oxygen atoms in total. The summed E-state index contributed by atoms with van der Waals surface area (Å²) in [6, 6.07) is 42.3. The fraction of sp³-hybridized carbons (Fsp3) is 0.0606. The quantitative estimate of drug-likeness (QED) is 0.185. The lowest BCUT2D eigenvalue weighted by molar-refractivity contribution is 1.67. The average molecular weight is 455 g/mol. The first-order chi connectivity index (χ1) is 16.5. The molecule has 0 aliphatic carbocycles. The maximum Gasteiger partial charge on any atom is -0.00262 e. The molecule has 6 rings (SSSR count). The van der Waals surface area contributed by atoms with Crippen LogP contribution < -0.4 is 5.30 Å². The summed E-state index contributed by atoms with van der Waals surface area (Å²) in [4.78, 5) is 0. The van der Waals surface area contributed by atoms with Crippen molar-refractivity contribution in [1.82, 2.24) is 0 Å². The van der Waals surface area contributed by atoms with Crippen molar-refractivity contribution in [3.8, 4) is 22.3 Å². The summed E-state index contributed by atoms with van der Waals surface area (Å²) >= 11 is 0. The molecule has 164 valence electrons. The van der Waals surface area contributed by atoms with Gasteiger partial charge in [0.25, 0.3) is 0 Å². The Morgan fingerprint density at radius 1 is 0.471 bits per heavy atom.